The van der Waals surface area contributed by atoms with E-state index in [2.05, 4.69) is 69.0 Å². The number of nitrogens with zero attached hydrogens (tertiary/aromatic N) is 1. The van der Waals surface area contributed by atoms with Crippen molar-refractivity contribution in [1.82, 2.24) is 4.90 Å². The second kappa shape index (κ2) is 13.3. The molecule has 3 aromatic rings. The first kappa shape index (κ1) is 28.4. The normalized spacial score (nSPS) is 11.9. The molecule has 0 heterocycles. The first-order chi connectivity index (χ1) is 16.5. The fraction of sp³-hybridized carbons (Fsp3) is 0.345. The lowest BCUT2D eigenvalue weighted by Gasteiger charge is -2.21. The summed E-state index contributed by atoms with van der Waals surface area (Å²) >= 11 is 0. The van der Waals surface area contributed by atoms with Crippen LogP contribution in [0.25, 0.3) is 11.1 Å². The van der Waals surface area contributed by atoms with Crippen LogP contribution in [0.2, 0.25) is 0 Å². The van der Waals surface area contributed by atoms with Crippen LogP contribution in [0.1, 0.15) is 61.8 Å². The van der Waals surface area contributed by atoms with Crippen LogP contribution in [-0.4, -0.2) is 29.1 Å². The molecule has 0 saturated heterocycles. The first-order valence-corrected chi connectivity index (χ1v) is 13.1. The number of hydrogen-bond donors (Lipinski definition) is 2. The Kier molecular flexibility index (Phi) is 10.8. The highest BCUT2D eigenvalue weighted by Crippen LogP contribution is 2.33. The van der Waals surface area contributed by atoms with E-state index >= 15 is 0 Å². The summed E-state index contributed by atoms with van der Waals surface area (Å²) < 4.78 is 10.9. The Labute approximate surface area is 213 Å². The highest BCUT2D eigenvalue weighted by atomic mass is 32.2. The third-order valence-electron chi connectivity index (χ3n) is 5.68. The average molecular weight is 494 g/mol. The van der Waals surface area contributed by atoms with Crippen molar-refractivity contribution in [3.63, 3.8) is 0 Å². The predicted molar refractivity (Wildman–Crippen MR) is 147 cm³/mol. The Morgan fingerprint density at radius 1 is 0.857 bits per heavy atom. The molecule has 0 aliphatic carbocycles. The summed E-state index contributed by atoms with van der Waals surface area (Å²) in [5, 5.41) is 5.23. The lowest BCUT2D eigenvalue weighted by atomic mass is 9.84. The first-order valence-electron chi connectivity index (χ1n) is 11.9. The molecule has 188 valence electrons. The van der Waals surface area contributed by atoms with Gasteiger partial charge in [0.1, 0.15) is 11.0 Å². The van der Waals surface area contributed by atoms with Gasteiger partial charge in [-0.1, -0.05) is 82.3 Å². The van der Waals surface area contributed by atoms with Crippen LogP contribution in [0.3, 0.4) is 0 Å². The second-order valence-corrected chi connectivity index (χ2v) is 10.7. The zero-order valence-corrected chi connectivity index (χ0v) is 22.6. The van der Waals surface area contributed by atoms with Crippen molar-refractivity contribution in [2.24, 2.45) is 10.9 Å². The topological polar surface area (TPSA) is 89.4 Å². The number of primary amides is 1. The summed E-state index contributed by atoms with van der Waals surface area (Å²) in [6.45, 7) is 9.55. The number of amides is 1. The molecule has 0 radical (unpaired) electrons. The molecule has 3 rings (SSSR count). The van der Waals surface area contributed by atoms with Gasteiger partial charge in [0.15, 0.2) is 0 Å². The van der Waals surface area contributed by atoms with Gasteiger partial charge in [-0.05, 0) is 71.4 Å². The molecule has 0 fully saturated rings. The molecule has 4 N–H and O–H groups in total. The highest BCUT2D eigenvalue weighted by Gasteiger charge is 2.17. The summed E-state index contributed by atoms with van der Waals surface area (Å²) in [6, 6.07) is 22.3. The van der Waals surface area contributed by atoms with Gasteiger partial charge in [-0.15, -0.1) is 0 Å². The van der Waals surface area contributed by atoms with Crippen LogP contribution in [0.5, 0.6) is 0 Å². The van der Waals surface area contributed by atoms with Gasteiger partial charge in [0.25, 0.3) is 0 Å². The zero-order chi connectivity index (χ0) is 26.1. The molecular formula is C29H39N3O2S. The molecule has 5 nitrogen and oxygen atoms in total. The van der Waals surface area contributed by atoms with Crippen LogP contribution >= 0.6 is 0 Å². The number of hydrogen-bond acceptors (Lipinski definition) is 3. The van der Waals surface area contributed by atoms with E-state index in [1.54, 1.807) is 12.1 Å². The third-order valence-corrected chi connectivity index (χ3v) is 6.41. The van der Waals surface area contributed by atoms with E-state index in [-0.39, 0.29) is 5.91 Å². The molecule has 0 aliphatic rings. The van der Waals surface area contributed by atoms with E-state index in [0.717, 1.165) is 12.1 Å². The molecule has 35 heavy (non-hydrogen) atoms. The minimum absolute atomic E-state index is 0.267. The molecule has 1 amide bonds. The molecule has 1 atom stereocenters. The molecule has 0 aliphatic heterocycles. The molecule has 6 heteroatoms. The number of carbonyl (C=O) groups excluding carboxylic acids is 1. The summed E-state index contributed by atoms with van der Waals surface area (Å²) in [5.41, 5.74) is 12.6. The van der Waals surface area contributed by atoms with Crippen LogP contribution in [0, 0.1) is 0 Å². The van der Waals surface area contributed by atoms with Gasteiger partial charge in [0.05, 0.1) is 11.3 Å². The Morgan fingerprint density at radius 2 is 1.37 bits per heavy atom. The van der Waals surface area contributed by atoms with Crippen molar-refractivity contribution in [1.29, 1.82) is 0 Å². The Morgan fingerprint density at radius 3 is 1.77 bits per heavy atom. The van der Waals surface area contributed by atoms with Crippen LogP contribution in [0.4, 0.5) is 0 Å². The van der Waals surface area contributed by atoms with Gasteiger partial charge in [0.2, 0.25) is 5.91 Å². The molecule has 0 bridgehead atoms. The van der Waals surface area contributed by atoms with Crippen LogP contribution in [-0.2, 0) is 28.7 Å². The number of nitrogens with two attached hydrogens (primary N) is 2. The molecule has 0 aromatic heterocycles. The van der Waals surface area contributed by atoms with Gasteiger partial charge < -0.3 is 10.6 Å². The van der Waals surface area contributed by atoms with E-state index in [4.69, 9.17) is 10.9 Å². The van der Waals surface area contributed by atoms with Crippen LogP contribution < -0.4 is 10.9 Å². The largest absolute Gasteiger partial charge is 0.369 e. The van der Waals surface area contributed by atoms with Crippen molar-refractivity contribution in [3.8, 4) is 11.1 Å². The molecule has 1 unspecified atom stereocenters. The van der Waals surface area contributed by atoms with E-state index in [0.29, 0.717) is 23.2 Å². The Balaban J connectivity index is 0.000000283. The maximum Gasteiger partial charge on any atom is 0.221 e. The van der Waals surface area contributed by atoms with Crippen LogP contribution in [0.15, 0.2) is 71.6 Å². The average Bonchev–Trinajstić information content (AvgIpc) is 2.79. The van der Waals surface area contributed by atoms with E-state index in [1.807, 2.05) is 32.3 Å². The fourth-order valence-electron chi connectivity index (χ4n) is 4.02. The summed E-state index contributed by atoms with van der Waals surface area (Å²) in [5.74, 6) is 0.447. The smallest absolute Gasteiger partial charge is 0.221 e. The minimum atomic E-state index is -1.36. The van der Waals surface area contributed by atoms with Crippen molar-refractivity contribution < 1.29 is 9.00 Å². The van der Waals surface area contributed by atoms with Crippen molar-refractivity contribution in [2.75, 3.05) is 14.1 Å². The molecular weight excluding hydrogens is 454 g/mol. The number of benzene rings is 3. The molecule has 3 aromatic carbocycles. The monoisotopic (exact) mass is 493 g/mol. The maximum absolute atomic E-state index is 11.5. The quantitative estimate of drug-likeness (QED) is 0.443. The maximum atomic E-state index is 11.5. The Bertz CT molecular complexity index is 1100. The summed E-state index contributed by atoms with van der Waals surface area (Å²) in [4.78, 5) is 14.2. The third kappa shape index (κ3) is 8.73. The number of carbonyl (C=O) groups is 1. The zero-order valence-electron chi connectivity index (χ0n) is 21.7. The van der Waals surface area contributed by atoms with Crippen molar-refractivity contribution in [2.45, 2.75) is 57.4 Å². The van der Waals surface area contributed by atoms with Gasteiger partial charge in [0, 0.05) is 6.54 Å². The van der Waals surface area contributed by atoms with E-state index in [1.165, 1.54) is 27.8 Å². The SMILES string of the molecule is CC(C)c1cc(-c2ccccc2)cc(C(C)C)c1CC(N)=O.CN(C)Cc1ccc(S(N)=O)cc1. The standard InChI is InChI=1S/C20H25NO.C9H14N2OS/c1-13(2)17-10-16(15-8-6-5-7-9-15)11-18(14(3)4)19(17)12-20(21)22;1-11(2)7-8-3-5-9(6-4-8)13(10)12/h5-11,13-14H,12H2,1-4H3,(H2,21,22);3-6H,7,10H2,1-2H3. The van der Waals surface area contributed by atoms with Gasteiger partial charge in [-0.3, -0.25) is 4.79 Å². The molecule has 0 saturated carbocycles. The second-order valence-electron chi connectivity index (χ2n) is 9.63. The summed E-state index contributed by atoms with van der Waals surface area (Å²) in [6.07, 6.45) is 0.316. The fourth-order valence-corrected chi connectivity index (χ4v) is 4.42. The van der Waals surface area contributed by atoms with Gasteiger partial charge in [-0.2, -0.15) is 0 Å². The lowest BCUT2D eigenvalue weighted by molar-refractivity contribution is -0.117. The van der Waals surface area contributed by atoms with Gasteiger partial charge in [-0.25, -0.2) is 9.35 Å². The van der Waals surface area contributed by atoms with Crippen molar-refractivity contribution in [3.05, 3.63) is 89.0 Å². The van der Waals surface area contributed by atoms with E-state index < -0.39 is 11.0 Å². The summed E-state index contributed by atoms with van der Waals surface area (Å²) in [7, 11) is 2.65. The predicted octanol–water partition coefficient (Wildman–Crippen LogP) is 5.36. The number of rotatable bonds is 8. The van der Waals surface area contributed by atoms with Gasteiger partial charge >= 0.3 is 0 Å². The highest BCUT2D eigenvalue weighted by molar-refractivity contribution is 7.82. The lowest BCUT2D eigenvalue weighted by Crippen LogP contribution is -2.17. The molecule has 0 spiro atoms. The minimum Gasteiger partial charge on any atom is -0.369 e. The van der Waals surface area contributed by atoms with E-state index in [9.17, 15) is 9.00 Å². The van der Waals surface area contributed by atoms with Crippen molar-refractivity contribution >= 4 is 16.9 Å². The Hall–Kier alpha value is -2.80.